The molecule has 0 radical (unpaired) electrons. The van der Waals surface area contributed by atoms with Crippen molar-refractivity contribution >= 4 is 291 Å². The van der Waals surface area contributed by atoms with Gasteiger partial charge < -0.3 is 4.74 Å². The zero-order chi connectivity index (χ0) is 40.3. The topological polar surface area (TPSA) is 9.23 Å². The molecule has 29 aromatic carbocycles. The van der Waals surface area contributed by atoms with Crippen LogP contribution < -0.4 is 0 Å². The molecule has 0 amide bonds. The third-order valence-corrected chi connectivity index (χ3v) is 26.1. The molecule has 0 unspecified atom stereocenters. The molecular weight excluding hydrogens is 833 g/mol. The molecule has 0 N–H and O–H groups in total. The summed E-state index contributed by atoms with van der Waals surface area (Å²) in [5.41, 5.74) is 9.11. The van der Waals surface area contributed by atoms with Gasteiger partial charge in [-0.3, -0.25) is 0 Å². The van der Waals surface area contributed by atoms with Crippen molar-refractivity contribution < 1.29 is 4.74 Å². The lowest BCUT2D eigenvalue weighted by molar-refractivity contribution is 0.0535. The maximum Gasteiger partial charge on any atom is 0.0988 e. The molecule has 69 heavy (non-hydrogen) atoms. The van der Waals surface area contributed by atoms with Crippen molar-refractivity contribution in [2.45, 2.75) is 23.0 Å². The van der Waals surface area contributed by atoms with E-state index < -0.39 is 0 Å². The molecule has 7 aliphatic rings. The van der Waals surface area contributed by atoms with Crippen LogP contribution in [0, 0.1) is 0 Å². The Morgan fingerprint density at radius 2 is 0.319 bits per heavy atom. The van der Waals surface area contributed by atoms with E-state index in [1.165, 1.54) is 11.1 Å². The Morgan fingerprint density at radius 3 is 0.464 bits per heavy atom. The van der Waals surface area contributed by atoms with Crippen molar-refractivity contribution in [3.05, 3.63) is 57.6 Å². The second kappa shape index (κ2) is 5.41. The van der Waals surface area contributed by atoms with Crippen LogP contribution in [0.5, 0.6) is 0 Å². The van der Waals surface area contributed by atoms with Gasteiger partial charge in [-0.1, -0.05) is 24.3 Å². The monoisotopic (exact) mass is 838 g/mol. The first-order valence-electron chi connectivity index (χ1n) is 26.0. The molecule has 2 spiro atoms. The Balaban J connectivity index is 1.20. The Morgan fingerprint density at radius 1 is 0.188 bits per heavy atom. The van der Waals surface area contributed by atoms with Gasteiger partial charge in [0.2, 0.25) is 0 Å². The first-order chi connectivity index (χ1) is 34.4. The standard InChI is InChI=1S/C68H6O/c1-2-4-6-5(3-1)65-67-61-53-45-35-25-17-9-7-8-11-15-13(9)21-29-23(15)33-27-19(11)20-12(8)16-14-10(7)18(17)26-32-22(14)30-24(16)34-28(20)38-37(27)47-41(33)51-43(29)49(39(45)31(21)25)57(61)59(51)63-55(47)56-48(38)42(34)52-44(30)50-40(32)46(36(26)35)54(53)62(67)58(50)60(52)64(56)68(63,67)66(6)69-65/h1-4,65-66H/t65-,66+,67?,68?. The Kier molecular flexibility index (Phi) is 1.93. The predicted molar refractivity (Wildman–Crippen MR) is 287 cm³/mol. The lowest BCUT2D eigenvalue weighted by Gasteiger charge is -2.54. The summed E-state index contributed by atoms with van der Waals surface area (Å²) in [6.07, 6.45) is -0.0936. The minimum absolute atomic E-state index is 0.0468. The quantitative estimate of drug-likeness (QED) is 0.138. The maximum atomic E-state index is 8.27. The molecule has 2 bridgehead atoms. The average molecular weight is 839 g/mol. The van der Waals surface area contributed by atoms with E-state index >= 15 is 0 Å². The largest absolute Gasteiger partial charge is 0.363 e. The molecule has 284 valence electrons. The summed E-state index contributed by atoms with van der Waals surface area (Å²) in [6.45, 7) is 0. The van der Waals surface area contributed by atoms with Crippen LogP contribution in [0.1, 0.15) is 45.6 Å². The van der Waals surface area contributed by atoms with Crippen LogP contribution in [0.3, 0.4) is 0 Å². The van der Waals surface area contributed by atoms with Crippen LogP contribution in [-0.4, -0.2) is 0 Å². The van der Waals surface area contributed by atoms with Crippen molar-refractivity contribution in [1.29, 1.82) is 0 Å². The van der Waals surface area contributed by atoms with Crippen LogP contribution in [0.2, 0.25) is 0 Å². The fourth-order valence-electron chi connectivity index (χ4n) is 26.2. The van der Waals surface area contributed by atoms with Gasteiger partial charge in [0.1, 0.15) is 0 Å². The van der Waals surface area contributed by atoms with Crippen molar-refractivity contribution in [3.63, 3.8) is 0 Å². The lowest BCUT2D eigenvalue weighted by Crippen LogP contribution is -2.54. The van der Waals surface area contributed by atoms with E-state index in [1.54, 1.807) is 313 Å². The second-order valence-electron chi connectivity index (χ2n) is 25.9. The van der Waals surface area contributed by atoms with Crippen LogP contribution in [0.15, 0.2) is 24.3 Å². The highest BCUT2D eigenvalue weighted by Gasteiger charge is 2.81. The van der Waals surface area contributed by atoms with E-state index in [0.29, 0.717) is 0 Å². The molecular formula is C68H6O. The highest BCUT2D eigenvalue weighted by molar-refractivity contribution is 6.82. The van der Waals surface area contributed by atoms with Crippen LogP contribution in [-0.2, 0) is 15.6 Å². The number of ether oxygens (including phenoxy) is 1. The summed E-state index contributed by atoms with van der Waals surface area (Å²) in [7, 11) is 0. The number of rotatable bonds is 0. The predicted octanol–water partition coefficient (Wildman–Crippen LogP) is 18.1. The minimum Gasteiger partial charge on any atom is -0.363 e. The molecule has 2 atom stereocenters. The third-order valence-electron chi connectivity index (χ3n) is 26.1. The van der Waals surface area contributed by atoms with Gasteiger partial charge >= 0.3 is 0 Å². The molecule has 1 fully saturated rings. The summed E-state index contributed by atoms with van der Waals surface area (Å²) >= 11 is 0. The molecule has 2 heterocycles. The highest BCUT2D eigenvalue weighted by Crippen LogP contribution is 2.90. The molecule has 0 saturated carbocycles. The fraction of sp³-hybridized carbons (Fsp3) is 0.0588. The van der Waals surface area contributed by atoms with E-state index in [4.69, 9.17) is 4.74 Å². The number of hydrogen-bond donors (Lipinski definition) is 0. The summed E-state index contributed by atoms with van der Waals surface area (Å²) in [5.74, 6) is 0. The normalized spacial score (nSPS) is 25.2. The summed E-state index contributed by atoms with van der Waals surface area (Å²) in [5, 5.41) is 89.7. The van der Waals surface area contributed by atoms with Gasteiger partial charge in [0, 0.05) is 0 Å². The Bertz CT molecular complexity index is 6830. The summed E-state index contributed by atoms with van der Waals surface area (Å²) < 4.78 is 8.27. The van der Waals surface area contributed by atoms with Crippen molar-refractivity contribution in [3.8, 4) is 0 Å². The van der Waals surface area contributed by atoms with Gasteiger partial charge in [0.25, 0.3) is 0 Å². The lowest BCUT2D eigenvalue weighted by atomic mass is 9.43. The van der Waals surface area contributed by atoms with Crippen LogP contribution in [0.4, 0.5) is 0 Å². The van der Waals surface area contributed by atoms with Crippen LogP contribution >= 0.6 is 0 Å². The third kappa shape index (κ3) is 1.24. The number of hydrogen-bond acceptors (Lipinski definition) is 1. The van der Waals surface area contributed by atoms with E-state index in [0.717, 1.165) is 0 Å². The van der Waals surface area contributed by atoms with Crippen molar-refractivity contribution in [2.75, 3.05) is 0 Å². The van der Waals surface area contributed by atoms with Gasteiger partial charge in [0.15, 0.2) is 0 Å². The van der Waals surface area contributed by atoms with Gasteiger partial charge in [-0.05, 0) is 324 Å². The van der Waals surface area contributed by atoms with Crippen molar-refractivity contribution in [1.82, 2.24) is 0 Å². The first kappa shape index (κ1) is 24.6. The SMILES string of the molecule is c1ccc2c(c1)[C@H]1O[C@@H]2C23c4c5c6c7c8c9c(c%10c%11c2c2c4c4c%12c5c5c6c6c8c8c%13c9c9c%10c%10c%11c%11c2c2c4c4c%12c%12c5c5c6c8c6c8c%13c9c9c%10c%10c%11c2c2c4c4c%12c5c6c5c8c9c%10c2c45)C713. The zero-order valence-corrected chi connectivity index (χ0v) is 34.9. The fourth-order valence-corrected chi connectivity index (χ4v) is 26.2. The van der Waals surface area contributed by atoms with Crippen LogP contribution in [0.25, 0.3) is 291 Å². The summed E-state index contributed by atoms with van der Waals surface area (Å²) in [6, 6.07) is 9.72. The summed E-state index contributed by atoms with van der Waals surface area (Å²) in [4.78, 5) is 0. The molecule has 29 aromatic rings. The Hall–Kier alpha value is -8.36. The van der Waals surface area contributed by atoms with Crippen molar-refractivity contribution in [2.24, 2.45) is 0 Å². The maximum absolute atomic E-state index is 8.27. The van der Waals surface area contributed by atoms with Gasteiger partial charge in [0.05, 0.1) is 23.0 Å². The van der Waals surface area contributed by atoms with E-state index in [-0.39, 0.29) is 23.0 Å². The smallest absolute Gasteiger partial charge is 0.0988 e. The molecule has 1 nitrogen and oxygen atoms in total. The average Bonchev–Trinajstić information content (AvgIpc) is 4.25. The molecule has 1 saturated heterocycles. The molecule has 5 aliphatic carbocycles. The van der Waals surface area contributed by atoms with E-state index in [9.17, 15) is 0 Å². The second-order valence-corrected chi connectivity index (χ2v) is 25.9. The Labute approximate surface area is 374 Å². The molecule has 36 rings (SSSR count). The number of benzene rings is 19. The first-order valence-corrected chi connectivity index (χ1v) is 26.0. The van der Waals surface area contributed by atoms with Gasteiger partial charge in [-0.15, -0.1) is 0 Å². The van der Waals surface area contributed by atoms with E-state index in [1.807, 2.05) is 0 Å². The highest BCUT2D eigenvalue weighted by atomic mass is 16.5. The zero-order valence-electron chi connectivity index (χ0n) is 34.9. The minimum atomic E-state index is -0.364. The van der Waals surface area contributed by atoms with Gasteiger partial charge in [-0.2, -0.15) is 0 Å². The van der Waals surface area contributed by atoms with Gasteiger partial charge in [-0.25, -0.2) is 0 Å². The van der Waals surface area contributed by atoms with E-state index in [2.05, 4.69) is 24.3 Å². The molecule has 0 aromatic heterocycles. The molecule has 2 aliphatic heterocycles. The molecule has 1 heteroatoms.